The minimum Gasteiger partial charge on any atom is -0.481 e. The van der Waals surface area contributed by atoms with Crippen LogP contribution in [-0.2, 0) is 9.59 Å². The standard InChI is InChI=1S/C19H20FNO4/c1-11-4-7-15(8-5-11)25-13(3)18(22)21-17(19(23)24)14-6-9-16(20)12(2)10-14/h4-10,13,17H,1-3H3,(H,21,22)(H,23,24). The van der Waals surface area contributed by atoms with Crippen molar-refractivity contribution in [1.29, 1.82) is 0 Å². The number of ether oxygens (including phenoxy) is 1. The van der Waals surface area contributed by atoms with Gasteiger partial charge in [-0.05, 0) is 50.1 Å². The van der Waals surface area contributed by atoms with Crippen LogP contribution in [0.4, 0.5) is 4.39 Å². The summed E-state index contributed by atoms with van der Waals surface area (Å²) in [6.45, 7) is 4.99. The number of aryl methyl sites for hydroxylation is 2. The van der Waals surface area contributed by atoms with Crippen LogP contribution in [0.25, 0.3) is 0 Å². The zero-order valence-corrected chi connectivity index (χ0v) is 14.2. The van der Waals surface area contributed by atoms with Crippen molar-refractivity contribution in [3.63, 3.8) is 0 Å². The number of aliphatic carboxylic acids is 1. The number of carbonyl (C=O) groups excluding carboxylic acids is 1. The van der Waals surface area contributed by atoms with E-state index in [0.717, 1.165) is 5.56 Å². The van der Waals surface area contributed by atoms with Crippen LogP contribution >= 0.6 is 0 Å². The molecule has 2 unspecified atom stereocenters. The Balaban J connectivity index is 2.10. The van der Waals surface area contributed by atoms with Crippen molar-refractivity contribution >= 4 is 11.9 Å². The largest absolute Gasteiger partial charge is 0.481 e. The summed E-state index contributed by atoms with van der Waals surface area (Å²) in [7, 11) is 0. The highest BCUT2D eigenvalue weighted by Gasteiger charge is 2.26. The predicted octanol–water partition coefficient (Wildman–Crippen LogP) is 3.15. The SMILES string of the molecule is Cc1ccc(OC(C)C(=O)NC(C(=O)O)c2ccc(F)c(C)c2)cc1. The van der Waals surface area contributed by atoms with E-state index >= 15 is 0 Å². The van der Waals surface area contributed by atoms with E-state index in [9.17, 15) is 19.1 Å². The first-order valence-corrected chi connectivity index (χ1v) is 7.80. The van der Waals surface area contributed by atoms with Crippen LogP contribution in [-0.4, -0.2) is 23.1 Å². The van der Waals surface area contributed by atoms with Gasteiger partial charge in [0.25, 0.3) is 5.91 Å². The molecule has 6 heteroatoms. The van der Waals surface area contributed by atoms with Gasteiger partial charge in [0, 0.05) is 0 Å². The van der Waals surface area contributed by atoms with Gasteiger partial charge in [-0.25, -0.2) is 9.18 Å². The van der Waals surface area contributed by atoms with Crippen LogP contribution in [0.2, 0.25) is 0 Å². The maximum absolute atomic E-state index is 13.4. The number of carboxylic acid groups (broad SMARTS) is 1. The Morgan fingerprint density at radius 3 is 2.32 bits per heavy atom. The highest BCUT2D eigenvalue weighted by molar-refractivity contribution is 5.87. The molecule has 0 spiro atoms. The van der Waals surface area contributed by atoms with Gasteiger partial charge in [0.15, 0.2) is 12.1 Å². The average Bonchev–Trinajstić information content (AvgIpc) is 2.56. The molecule has 0 aromatic heterocycles. The monoisotopic (exact) mass is 345 g/mol. The number of nitrogens with one attached hydrogen (secondary N) is 1. The molecule has 0 radical (unpaired) electrons. The summed E-state index contributed by atoms with van der Waals surface area (Å²) in [6.07, 6.45) is -0.883. The molecule has 2 atom stereocenters. The Labute approximate surface area is 145 Å². The average molecular weight is 345 g/mol. The Morgan fingerprint density at radius 2 is 1.76 bits per heavy atom. The third-order valence-electron chi connectivity index (χ3n) is 3.75. The molecule has 2 aromatic carbocycles. The van der Waals surface area contributed by atoms with Crippen LogP contribution in [0.15, 0.2) is 42.5 Å². The summed E-state index contributed by atoms with van der Waals surface area (Å²) < 4.78 is 18.9. The Hall–Kier alpha value is -2.89. The number of hydrogen-bond acceptors (Lipinski definition) is 3. The van der Waals surface area contributed by atoms with Gasteiger partial charge in [-0.2, -0.15) is 0 Å². The molecule has 25 heavy (non-hydrogen) atoms. The van der Waals surface area contributed by atoms with Gasteiger partial charge >= 0.3 is 5.97 Å². The lowest BCUT2D eigenvalue weighted by Gasteiger charge is -2.19. The molecule has 0 fully saturated rings. The summed E-state index contributed by atoms with van der Waals surface area (Å²) in [5.74, 6) is -1.73. The van der Waals surface area contributed by atoms with Crippen molar-refractivity contribution in [1.82, 2.24) is 5.32 Å². The number of carbonyl (C=O) groups is 2. The van der Waals surface area contributed by atoms with Gasteiger partial charge in [0.05, 0.1) is 0 Å². The molecule has 2 aromatic rings. The summed E-state index contributed by atoms with van der Waals surface area (Å²) in [6, 6.07) is 9.80. The Kier molecular flexibility index (Phi) is 5.75. The predicted molar refractivity (Wildman–Crippen MR) is 90.9 cm³/mol. The maximum Gasteiger partial charge on any atom is 0.330 e. The summed E-state index contributed by atoms with van der Waals surface area (Å²) in [5.41, 5.74) is 1.66. The fourth-order valence-electron chi connectivity index (χ4n) is 2.27. The first-order chi connectivity index (χ1) is 11.8. The van der Waals surface area contributed by atoms with E-state index in [4.69, 9.17) is 4.74 Å². The van der Waals surface area contributed by atoms with E-state index in [1.54, 1.807) is 12.1 Å². The molecule has 0 bridgehead atoms. The third kappa shape index (κ3) is 4.79. The van der Waals surface area contributed by atoms with Gasteiger partial charge in [-0.3, -0.25) is 4.79 Å². The number of carboxylic acids is 1. The molecule has 0 heterocycles. The first-order valence-electron chi connectivity index (χ1n) is 7.80. The first kappa shape index (κ1) is 18.4. The van der Waals surface area contributed by atoms with Crippen LogP contribution in [0.3, 0.4) is 0 Å². The fraction of sp³-hybridized carbons (Fsp3) is 0.263. The van der Waals surface area contributed by atoms with E-state index in [1.807, 2.05) is 19.1 Å². The molecule has 0 aliphatic heterocycles. The lowest BCUT2D eigenvalue weighted by molar-refractivity contribution is -0.143. The molecule has 5 nitrogen and oxygen atoms in total. The molecule has 0 aliphatic rings. The van der Waals surface area contributed by atoms with Crippen molar-refractivity contribution < 1.29 is 23.8 Å². The van der Waals surface area contributed by atoms with Crippen LogP contribution < -0.4 is 10.1 Å². The summed E-state index contributed by atoms with van der Waals surface area (Å²) in [5, 5.41) is 11.8. The molecular formula is C19H20FNO4. The van der Waals surface area contributed by atoms with Gasteiger partial charge in [-0.1, -0.05) is 29.8 Å². The lowest BCUT2D eigenvalue weighted by atomic mass is 10.0. The van der Waals surface area contributed by atoms with E-state index < -0.39 is 29.8 Å². The Bertz CT molecular complexity index is 773. The van der Waals surface area contributed by atoms with Crippen LogP contribution in [0.5, 0.6) is 5.75 Å². The second-order valence-corrected chi connectivity index (χ2v) is 5.86. The minimum atomic E-state index is -1.28. The highest BCUT2D eigenvalue weighted by atomic mass is 19.1. The van der Waals surface area contributed by atoms with Crippen molar-refractivity contribution in [3.05, 3.63) is 65.0 Å². The van der Waals surface area contributed by atoms with E-state index in [0.29, 0.717) is 16.9 Å². The normalized spacial score (nSPS) is 13.0. The van der Waals surface area contributed by atoms with Gasteiger partial charge in [0.2, 0.25) is 0 Å². The van der Waals surface area contributed by atoms with Crippen molar-refractivity contribution in [2.75, 3.05) is 0 Å². The molecule has 132 valence electrons. The molecule has 2 N–H and O–H groups in total. The highest BCUT2D eigenvalue weighted by Crippen LogP contribution is 2.18. The van der Waals surface area contributed by atoms with Crippen molar-refractivity contribution in [2.45, 2.75) is 32.9 Å². The molecule has 0 aliphatic carbocycles. The summed E-state index contributed by atoms with van der Waals surface area (Å²) >= 11 is 0. The molecule has 0 saturated heterocycles. The van der Waals surface area contributed by atoms with Gasteiger partial charge in [-0.15, -0.1) is 0 Å². The van der Waals surface area contributed by atoms with Crippen LogP contribution in [0, 0.1) is 19.7 Å². The zero-order valence-electron chi connectivity index (χ0n) is 14.2. The van der Waals surface area contributed by atoms with Crippen LogP contribution in [0.1, 0.15) is 29.7 Å². The molecular weight excluding hydrogens is 325 g/mol. The second-order valence-electron chi connectivity index (χ2n) is 5.86. The smallest absolute Gasteiger partial charge is 0.330 e. The number of benzene rings is 2. The minimum absolute atomic E-state index is 0.294. The number of halogens is 1. The van der Waals surface area contributed by atoms with Gasteiger partial charge in [0.1, 0.15) is 11.6 Å². The second kappa shape index (κ2) is 7.79. The third-order valence-corrected chi connectivity index (χ3v) is 3.75. The topological polar surface area (TPSA) is 75.6 Å². The van der Waals surface area contributed by atoms with Gasteiger partial charge < -0.3 is 15.2 Å². The fourth-order valence-corrected chi connectivity index (χ4v) is 2.27. The maximum atomic E-state index is 13.4. The molecule has 0 saturated carbocycles. The van der Waals surface area contributed by atoms with Crippen molar-refractivity contribution in [2.24, 2.45) is 0 Å². The molecule has 1 amide bonds. The Morgan fingerprint density at radius 1 is 1.12 bits per heavy atom. The number of rotatable bonds is 6. The van der Waals surface area contributed by atoms with E-state index in [-0.39, 0.29) is 0 Å². The van der Waals surface area contributed by atoms with Crippen molar-refractivity contribution in [3.8, 4) is 5.75 Å². The summed E-state index contributed by atoms with van der Waals surface area (Å²) in [4.78, 5) is 23.8. The zero-order chi connectivity index (χ0) is 18.6. The molecule has 2 rings (SSSR count). The number of hydrogen-bond donors (Lipinski definition) is 2. The number of amides is 1. The van der Waals surface area contributed by atoms with E-state index in [2.05, 4.69) is 5.32 Å². The quantitative estimate of drug-likeness (QED) is 0.843. The van der Waals surface area contributed by atoms with E-state index in [1.165, 1.54) is 32.0 Å². The lowest BCUT2D eigenvalue weighted by Crippen LogP contribution is -2.41.